The average Bonchev–Trinajstić information content (AvgIpc) is 2.16. The Morgan fingerprint density at radius 1 is 1.50 bits per heavy atom. The van der Waals surface area contributed by atoms with Crippen LogP contribution in [0.5, 0.6) is 0 Å². The fourth-order valence-corrected chi connectivity index (χ4v) is 0.988. The molecule has 1 atom stereocenters. The molecule has 74 valence electrons. The van der Waals surface area contributed by atoms with E-state index in [1.54, 1.807) is 0 Å². The van der Waals surface area contributed by atoms with Gasteiger partial charge >= 0.3 is 0 Å². The van der Waals surface area contributed by atoms with Crippen LogP contribution in [0.4, 0.5) is 8.78 Å². The average molecular weight is 200 g/mol. The Balaban J connectivity index is 3.21. The predicted molar refractivity (Wildman–Crippen MR) is 43.1 cm³/mol. The van der Waals surface area contributed by atoms with Gasteiger partial charge in [0.2, 0.25) is 0 Å². The minimum absolute atomic E-state index is 0.472. The van der Waals surface area contributed by atoms with E-state index in [9.17, 15) is 8.78 Å². The Morgan fingerprint density at radius 2 is 2.07 bits per heavy atom. The first kappa shape index (κ1) is 10.4. The van der Waals surface area contributed by atoms with Gasteiger partial charge in [0.1, 0.15) is 11.6 Å². The fraction of sp³-hybridized carbons (Fsp3) is 0.286. The number of aliphatic hydroxyl groups excluding tert-OH is 1. The van der Waals surface area contributed by atoms with E-state index < -0.39 is 29.8 Å². The van der Waals surface area contributed by atoms with Gasteiger partial charge in [-0.15, -0.1) is 0 Å². The molecule has 0 aliphatic carbocycles. The van der Waals surface area contributed by atoms with Gasteiger partial charge in [0.15, 0.2) is 0 Å². The van der Waals surface area contributed by atoms with Crippen molar-refractivity contribution in [1.29, 1.82) is 0 Å². The number of aromatic nitrogens is 1. The van der Waals surface area contributed by atoms with E-state index in [-0.39, 0.29) is 0 Å². The molecule has 1 N–H and O–H groups in total. The van der Waals surface area contributed by atoms with Crippen molar-refractivity contribution in [2.75, 3.05) is 6.61 Å². The fourth-order valence-electron chi connectivity index (χ4n) is 0.988. The first-order chi connectivity index (χ1) is 6.70. The molecule has 14 heavy (non-hydrogen) atoms. The Hall–Kier alpha value is -1.72. The Labute approximate surface area is 77.6 Å². The van der Waals surface area contributed by atoms with Crippen molar-refractivity contribution >= 4 is 0 Å². The summed E-state index contributed by atoms with van der Waals surface area (Å²) in [6.45, 7) is -0.665. The van der Waals surface area contributed by atoms with Crippen molar-refractivity contribution in [1.82, 2.24) is 4.98 Å². The molecule has 0 bridgehead atoms. The molecular weight excluding hydrogens is 194 g/mol. The van der Waals surface area contributed by atoms with Crippen LogP contribution in [0, 0.1) is 11.6 Å². The van der Waals surface area contributed by atoms with Crippen LogP contribution in [0.2, 0.25) is 0 Å². The summed E-state index contributed by atoms with van der Waals surface area (Å²) in [6.07, 6.45) is 1.57. The maximum absolute atomic E-state index is 13.0. The van der Waals surface area contributed by atoms with Gasteiger partial charge in [-0.05, 0) is 5.53 Å². The highest BCUT2D eigenvalue weighted by atomic mass is 19.1. The second-order valence-corrected chi connectivity index (χ2v) is 2.42. The molecule has 5 nitrogen and oxygen atoms in total. The van der Waals surface area contributed by atoms with E-state index >= 15 is 0 Å². The normalized spacial score (nSPS) is 11.9. The summed E-state index contributed by atoms with van der Waals surface area (Å²) < 4.78 is 26.0. The summed E-state index contributed by atoms with van der Waals surface area (Å²) >= 11 is 0. The van der Waals surface area contributed by atoms with Crippen LogP contribution in [0.1, 0.15) is 11.6 Å². The second-order valence-electron chi connectivity index (χ2n) is 2.42. The molecule has 1 aromatic heterocycles. The highest BCUT2D eigenvalue weighted by Crippen LogP contribution is 2.22. The number of azide groups is 1. The van der Waals surface area contributed by atoms with Crippen molar-refractivity contribution in [3.05, 3.63) is 40.0 Å². The number of nitrogens with zero attached hydrogens (tertiary/aromatic N) is 4. The van der Waals surface area contributed by atoms with Gasteiger partial charge in [0, 0.05) is 10.5 Å². The van der Waals surface area contributed by atoms with E-state index in [2.05, 4.69) is 15.0 Å². The lowest BCUT2D eigenvalue weighted by molar-refractivity contribution is 0.262. The molecule has 1 heterocycles. The largest absolute Gasteiger partial charge is 0.396 e. The summed E-state index contributed by atoms with van der Waals surface area (Å²) in [7, 11) is 0. The molecule has 0 spiro atoms. The van der Waals surface area contributed by atoms with Gasteiger partial charge in [-0.3, -0.25) is 4.98 Å². The van der Waals surface area contributed by atoms with Crippen molar-refractivity contribution in [2.45, 2.75) is 6.04 Å². The monoisotopic (exact) mass is 200 g/mol. The first-order valence-electron chi connectivity index (χ1n) is 3.64. The van der Waals surface area contributed by atoms with E-state index in [0.29, 0.717) is 0 Å². The molecule has 0 aliphatic heterocycles. The molecule has 0 aromatic carbocycles. The van der Waals surface area contributed by atoms with E-state index in [1.165, 1.54) is 0 Å². The lowest BCUT2D eigenvalue weighted by atomic mass is 10.1. The van der Waals surface area contributed by atoms with Crippen LogP contribution in [-0.2, 0) is 0 Å². The molecule has 1 rings (SSSR count). The molecule has 0 saturated carbocycles. The number of aliphatic hydroxyl groups is 1. The zero-order chi connectivity index (χ0) is 10.6. The highest BCUT2D eigenvalue weighted by molar-refractivity contribution is 5.19. The molecule has 1 unspecified atom stereocenters. The summed E-state index contributed by atoms with van der Waals surface area (Å²) in [6, 6.07) is -1.26. The minimum Gasteiger partial charge on any atom is -0.396 e. The van der Waals surface area contributed by atoms with Crippen LogP contribution in [0.25, 0.3) is 10.4 Å². The zero-order valence-corrected chi connectivity index (χ0v) is 6.93. The minimum atomic E-state index is -1.26. The molecule has 0 radical (unpaired) electrons. The van der Waals surface area contributed by atoms with Crippen LogP contribution in [-0.4, -0.2) is 16.7 Å². The molecule has 1 aromatic rings. The third-order valence-electron chi connectivity index (χ3n) is 1.59. The molecule has 0 aliphatic rings. The second kappa shape index (κ2) is 4.50. The van der Waals surface area contributed by atoms with Gasteiger partial charge in [0.25, 0.3) is 0 Å². The predicted octanol–water partition coefficient (Wildman–Crippen LogP) is 1.70. The van der Waals surface area contributed by atoms with Crippen molar-refractivity contribution in [3.8, 4) is 0 Å². The van der Waals surface area contributed by atoms with E-state index in [1.807, 2.05) is 0 Å². The van der Waals surface area contributed by atoms with Crippen LogP contribution in [0.3, 0.4) is 0 Å². The lowest BCUT2D eigenvalue weighted by Gasteiger charge is -2.09. The summed E-state index contributed by atoms with van der Waals surface area (Å²) in [4.78, 5) is 5.63. The van der Waals surface area contributed by atoms with Crippen LogP contribution >= 0.6 is 0 Å². The Morgan fingerprint density at radius 3 is 2.50 bits per heavy atom. The van der Waals surface area contributed by atoms with Gasteiger partial charge < -0.3 is 5.11 Å². The van der Waals surface area contributed by atoms with E-state index in [4.69, 9.17) is 10.6 Å². The van der Waals surface area contributed by atoms with Gasteiger partial charge in [0.05, 0.1) is 25.0 Å². The molecular formula is C7H6F2N4O. The number of rotatable bonds is 3. The third-order valence-corrected chi connectivity index (χ3v) is 1.59. The molecule has 0 fully saturated rings. The Kier molecular flexibility index (Phi) is 3.33. The lowest BCUT2D eigenvalue weighted by Crippen LogP contribution is -2.06. The zero-order valence-electron chi connectivity index (χ0n) is 6.93. The molecule has 7 heteroatoms. The van der Waals surface area contributed by atoms with Gasteiger partial charge in [-0.1, -0.05) is 5.11 Å². The number of halogens is 2. The van der Waals surface area contributed by atoms with Crippen LogP contribution < -0.4 is 0 Å². The SMILES string of the molecule is [N-]=[N+]=NC(CO)c1c(F)cncc1F. The van der Waals surface area contributed by atoms with Crippen LogP contribution in [0.15, 0.2) is 17.5 Å². The third kappa shape index (κ3) is 1.95. The maximum Gasteiger partial charge on any atom is 0.148 e. The number of hydrogen-bond acceptors (Lipinski definition) is 3. The summed E-state index contributed by atoms with van der Waals surface area (Å²) in [5.74, 6) is -1.90. The van der Waals surface area contributed by atoms with E-state index in [0.717, 1.165) is 12.4 Å². The number of hydrogen-bond donors (Lipinski definition) is 1. The smallest absolute Gasteiger partial charge is 0.148 e. The first-order valence-corrected chi connectivity index (χ1v) is 3.64. The quantitative estimate of drug-likeness (QED) is 0.457. The number of pyridine rings is 1. The topological polar surface area (TPSA) is 81.9 Å². The maximum atomic E-state index is 13.0. The standard InChI is InChI=1S/C7H6F2N4O/c8-4-1-11-2-5(9)7(4)6(3-14)12-13-10/h1-2,6,14H,3H2. The van der Waals surface area contributed by atoms with Crippen molar-refractivity contribution in [2.24, 2.45) is 5.11 Å². The van der Waals surface area contributed by atoms with Gasteiger partial charge in [-0.25, -0.2) is 8.78 Å². The molecule has 0 saturated heterocycles. The van der Waals surface area contributed by atoms with Crippen molar-refractivity contribution in [3.63, 3.8) is 0 Å². The molecule has 0 amide bonds. The highest BCUT2D eigenvalue weighted by Gasteiger charge is 2.18. The van der Waals surface area contributed by atoms with Gasteiger partial charge in [-0.2, -0.15) is 0 Å². The Bertz CT molecular complexity index is 358. The summed E-state index contributed by atoms with van der Waals surface area (Å²) in [5.41, 5.74) is 7.63. The summed E-state index contributed by atoms with van der Waals surface area (Å²) in [5, 5.41) is 11.8. The van der Waals surface area contributed by atoms with Crippen molar-refractivity contribution < 1.29 is 13.9 Å².